The highest BCUT2D eigenvalue weighted by atomic mass is 35.5. The van der Waals surface area contributed by atoms with Crippen LogP contribution in [0.1, 0.15) is 22.0 Å². The quantitative estimate of drug-likeness (QED) is 0.898. The summed E-state index contributed by atoms with van der Waals surface area (Å²) in [7, 11) is 0. The third-order valence-corrected chi connectivity index (χ3v) is 4.56. The maximum absolute atomic E-state index is 13.5. The Hall–Kier alpha value is -0.970. The molecule has 1 nitrogen and oxygen atoms in total. The Bertz CT molecular complexity index is 568. The smallest absolute Gasteiger partial charge is 0.129 e. The lowest BCUT2D eigenvalue weighted by Gasteiger charge is -2.11. The number of halogens is 3. The zero-order valence-corrected chi connectivity index (χ0v) is 11.3. The number of hydrogen-bond acceptors (Lipinski definition) is 2. The number of aryl methyl sites for hydroxylation is 1. The molecule has 1 unspecified atom stereocenters. The van der Waals surface area contributed by atoms with Gasteiger partial charge in [-0.3, -0.25) is 0 Å². The summed E-state index contributed by atoms with van der Waals surface area (Å²) in [5, 5.41) is 2.55. The van der Waals surface area contributed by atoms with Gasteiger partial charge in [0.2, 0.25) is 0 Å². The van der Waals surface area contributed by atoms with Gasteiger partial charge in [-0.05, 0) is 35.9 Å². The van der Waals surface area contributed by atoms with Crippen LogP contribution in [0.3, 0.4) is 0 Å². The Morgan fingerprint density at radius 1 is 1.39 bits per heavy atom. The van der Waals surface area contributed by atoms with Crippen molar-refractivity contribution in [2.75, 3.05) is 0 Å². The summed E-state index contributed by atoms with van der Waals surface area (Å²) in [6.45, 7) is 1.90. The second-order valence-corrected chi connectivity index (χ2v) is 5.43. The van der Waals surface area contributed by atoms with Gasteiger partial charge >= 0.3 is 0 Å². The molecule has 0 radical (unpaired) electrons. The van der Waals surface area contributed by atoms with Crippen LogP contribution in [0.2, 0.25) is 5.02 Å². The van der Waals surface area contributed by atoms with E-state index in [1.807, 2.05) is 12.3 Å². The van der Waals surface area contributed by atoms with Crippen molar-refractivity contribution in [3.8, 4) is 0 Å². The largest absolute Gasteiger partial charge is 0.323 e. The Morgan fingerprint density at radius 3 is 2.67 bits per heavy atom. The highest BCUT2D eigenvalue weighted by molar-refractivity contribution is 7.10. The molecule has 0 saturated carbocycles. The third kappa shape index (κ3) is 2.71. The highest BCUT2D eigenvalue weighted by Crippen LogP contribution is 2.33. The molecule has 2 N–H and O–H groups in total. The highest BCUT2D eigenvalue weighted by Gasteiger charge is 2.16. The van der Waals surface area contributed by atoms with E-state index in [2.05, 4.69) is 0 Å². The topological polar surface area (TPSA) is 26.0 Å². The molecule has 5 heteroatoms. The minimum atomic E-state index is -0.588. The van der Waals surface area contributed by atoms with Gasteiger partial charge < -0.3 is 5.73 Å². The fourth-order valence-corrected chi connectivity index (χ4v) is 3.05. The summed E-state index contributed by atoms with van der Waals surface area (Å²) in [5.41, 5.74) is 7.37. The first-order valence-electron chi connectivity index (χ1n) is 5.42. The Labute approximate surface area is 113 Å². The average molecular weight is 288 g/mol. The second-order valence-electron chi connectivity index (χ2n) is 4.14. The third-order valence-electron chi connectivity index (χ3n) is 2.72. The molecule has 2 rings (SSSR count). The molecule has 1 heterocycles. The molecule has 1 aromatic carbocycles. The molecule has 0 spiro atoms. The summed E-state index contributed by atoms with van der Waals surface area (Å²) in [6.07, 6.45) is 0.297. The summed E-state index contributed by atoms with van der Waals surface area (Å²) in [4.78, 5) is 0.831. The first-order valence-corrected chi connectivity index (χ1v) is 6.67. The SMILES string of the molecule is Cc1csc(C(N)Cc2ccc(F)cc2F)c1Cl. The zero-order valence-electron chi connectivity index (χ0n) is 9.71. The Balaban J connectivity index is 2.21. The molecule has 0 amide bonds. The molecule has 2 aromatic rings. The molecule has 0 fully saturated rings. The molecule has 0 saturated heterocycles. The van der Waals surface area contributed by atoms with E-state index in [-0.39, 0.29) is 6.04 Å². The van der Waals surface area contributed by atoms with Gasteiger partial charge in [0.1, 0.15) is 11.6 Å². The minimum absolute atomic E-state index is 0.297. The van der Waals surface area contributed by atoms with Gasteiger partial charge in [-0.15, -0.1) is 11.3 Å². The van der Waals surface area contributed by atoms with Crippen LogP contribution in [0.5, 0.6) is 0 Å². The molecular weight excluding hydrogens is 276 g/mol. The van der Waals surface area contributed by atoms with Gasteiger partial charge in [-0.2, -0.15) is 0 Å². The van der Waals surface area contributed by atoms with E-state index in [4.69, 9.17) is 17.3 Å². The van der Waals surface area contributed by atoms with E-state index in [0.29, 0.717) is 17.0 Å². The van der Waals surface area contributed by atoms with Crippen molar-refractivity contribution in [2.24, 2.45) is 5.73 Å². The first kappa shape index (κ1) is 13.5. The number of hydrogen-bond donors (Lipinski definition) is 1. The molecule has 18 heavy (non-hydrogen) atoms. The second kappa shape index (κ2) is 5.34. The average Bonchev–Trinajstić information content (AvgIpc) is 2.64. The van der Waals surface area contributed by atoms with E-state index in [0.717, 1.165) is 16.5 Å². The molecule has 1 atom stereocenters. The first-order chi connectivity index (χ1) is 8.49. The van der Waals surface area contributed by atoms with Gasteiger partial charge in [0.15, 0.2) is 0 Å². The molecule has 0 aliphatic rings. The van der Waals surface area contributed by atoms with E-state index in [9.17, 15) is 8.78 Å². The predicted molar refractivity (Wildman–Crippen MR) is 71.1 cm³/mol. The lowest BCUT2D eigenvalue weighted by molar-refractivity contribution is 0.564. The number of nitrogens with two attached hydrogens (primary N) is 1. The van der Waals surface area contributed by atoms with Gasteiger partial charge in [-0.1, -0.05) is 17.7 Å². The minimum Gasteiger partial charge on any atom is -0.323 e. The monoisotopic (exact) mass is 287 g/mol. The number of thiophene rings is 1. The summed E-state index contributed by atoms with van der Waals surface area (Å²) < 4.78 is 26.3. The molecule has 0 bridgehead atoms. The maximum atomic E-state index is 13.5. The molecule has 1 aromatic heterocycles. The standard InChI is InChI=1S/C13H12ClF2NS/c1-7-6-18-13(12(7)14)11(17)4-8-2-3-9(15)5-10(8)16/h2-3,5-6,11H,4,17H2,1H3. The van der Waals surface area contributed by atoms with Crippen LogP contribution in [0, 0.1) is 18.6 Å². The van der Waals surface area contributed by atoms with Crippen LogP contribution in [0.4, 0.5) is 8.78 Å². The van der Waals surface area contributed by atoms with Crippen LogP contribution in [-0.2, 0) is 6.42 Å². The summed E-state index contributed by atoms with van der Waals surface area (Å²) in [5.74, 6) is -1.16. The Morgan fingerprint density at radius 2 is 2.11 bits per heavy atom. The van der Waals surface area contributed by atoms with Gasteiger partial charge in [-0.25, -0.2) is 8.78 Å². The summed E-state index contributed by atoms with van der Waals surface area (Å²) in [6, 6.07) is 3.13. The van der Waals surface area contributed by atoms with Crippen molar-refractivity contribution < 1.29 is 8.78 Å². The normalized spacial score (nSPS) is 12.7. The zero-order chi connectivity index (χ0) is 13.3. The van der Waals surface area contributed by atoms with Crippen molar-refractivity contribution >= 4 is 22.9 Å². The van der Waals surface area contributed by atoms with Crippen LogP contribution in [-0.4, -0.2) is 0 Å². The molecular formula is C13H12ClF2NS. The van der Waals surface area contributed by atoms with E-state index in [1.165, 1.54) is 23.5 Å². The van der Waals surface area contributed by atoms with Gasteiger partial charge in [0, 0.05) is 17.0 Å². The van der Waals surface area contributed by atoms with E-state index >= 15 is 0 Å². The van der Waals surface area contributed by atoms with Crippen molar-refractivity contribution in [3.63, 3.8) is 0 Å². The van der Waals surface area contributed by atoms with Crippen molar-refractivity contribution in [1.82, 2.24) is 0 Å². The Kier molecular flexibility index (Phi) is 4.00. The van der Waals surface area contributed by atoms with Gasteiger partial charge in [0.05, 0.1) is 5.02 Å². The number of rotatable bonds is 3. The van der Waals surface area contributed by atoms with E-state index in [1.54, 1.807) is 0 Å². The van der Waals surface area contributed by atoms with E-state index < -0.39 is 11.6 Å². The molecule has 0 aliphatic carbocycles. The molecule has 96 valence electrons. The number of benzene rings is 1. The van der Waals surface area contributed by atoms with Crippen LogP contribution < -0.4 is 5.73 Å². The van der Waals surface area contributed by atoms with Gasteiger partial charge in [0.25, 0.3) is 0 Å². The van der Waals surface area contributed by atoms with Crippen molar-refractivity contribution in [1.29, 1.82) is 0 Å². The lowest BCUT2D eigenvalue weighted by Crippen LogP contribution is -2.13. The van der Waals surface area contributed by atoms with Crippen molar-refractivity contribution in [3.05, 3.63) is 56.2 Å². The maximum Gasteiger partial charge on any atom is 0.129 e. The van der Waals surface area contributed by atoms with Crippen LogP contribution in [0.25, 0.3) is 0 Å². The summed E-state index contributed by atoms with van der Waals surface area (Å²) >= 11 is 7.57. The van der Waals surface area contributed by atoms with Crippen molar-refractivity contribution in [2.45, 2.75) is 19.4 Å². The fraction of sp³-hybridized carbons (Fsp3) is 0.231. The lowest BCUT2D eigenvalue weighted by atomic mass is 10.0. The van der Waals surface area contributed by atoms with Crippen LogP contribution >= 0.6 is 22.9 Å². The fourth-order valence-electron chi connectivity index (χ4n) is 1.72. The van der Waals surface area contributed by atoms with Crippen LogP contribution in [0.15, 0.2) is 23.6 Å². The predicted octanol–water partition coefficient (Wildman–Crippen LogP) is 4.23. The molecule has 0 aliphatic heterocycles.